The maximum absolute atomic E-state index is 11.0. The Bertz CT molecular complexity index is 676. The number of nitrogens with zero attached hydrogens (tertiary/aromatic N) is 2. The molecule has 2 N–H and O–H groups in total. The van der Waals surface area contributed by atoms with Crippen LogP contribution in [0, 0.1) is 0 Å². The molecule has 0 aliphatic carbocycles. The second-order valence-electron chi connectivity index (χ2n) is 5.19. The van der Waals surface area contributed by atoms with Crippen LogP contribution in [0.1, 0.15) is 11.8 Å². The van der Waals surface area contributed by atoms with E-state index in [1.807, 2.05) is 36.4 Å². The summed E-state index contributed by atoms with van der Waals surface area (Å²) in [5.41, 5.74) is 2.47. The Hall–Kier alpha value is -2.31. The lowest BCUT2D eigenvalue weighted by Crippen LogP contribution is -2.41. The number of anilines is 2. The highest BCUT2D eigenvalue weighted by Gasteiger charge is 2.25. The monoisotopic (exact) mass is 333 g/mol. The molecule has 2 heterocycles. The molecule has 2 aromatic rings. The zero-order valence-corrected chi connectivity index (χ0v) is 13.0. The van der Waals surface area contributed by atoms with Gasteiger partial charge in [-0.25, -0.2) is 4.79 Å². The Morgan fingerprint density at radius 1 is 1.26 bits per heavy atom. The van der Waals surface area contributed by atoms with Gasteiger partial charge in [-0.15, -0.1) is 0 Å². The Labute approximate surface area is 138 Å². The molecule has 0 radical (unpaired) electrons. The van der Waals surface area contributed by atoms with Crippen LogP contribution >= 0.6 is 11.6 Å². The van der Waals surface area contributed by atoms with Crippen LogP contribution in [0.5, 0.6) is 0 Å². The van der Waals surface area contributed by atoms with Gasteiger partial charge in [-0.3, -0.25) is 4.98 Å². The Balaban J connectivity index is 1.67. The Morgan fingerprint density at radius 3 is 2.65 bits per heavy atom. The molecule has 120 valence electrons. The van der Waals surface area contributed by atoms with Gasteiger partial charge >= 0.3 is 6.09 Å². The van der Waals surface area contributed by atoms with Crippen molar-refractivity contribution in [2.75, 3.05) is 25.0 Å². The number of aromatic nitrogens is 1. The van der Waals surface area contributed by atoms with Gasteiger partial charge in [-0.1, -0.05) is 11.6 Å². The maximum atomic E-state index is 11.0. The first-order chi connectivity index (χ1) is 11.1. The van der Waals surface area contributed by atoms with Crippen LogP contribution in [0.25, 0.3) is 0 Å². The molecular weight excluding hydrogens is 318 g/mol. The van der Waals surface area contributed by atoms with Crippen LogP contribution in [-0.2, 0) is 4.74 Å². The number of benzene rings is 1. The first-order valence-corrected chi connectivity index (χ1v) is 7.57. The standard InChI is InChI=1S/C16H16ClN3O3/c17-11-1-3-12(4-2-11)19-13-5-6-14(18-9-13)15-10-20(16(21)22)7-8-23-15/h1-6,9,15,19H,7-8,10H2,(H,21,22). The summed E-state index contributed by atoms with van der Waals surface area (Å²) in [5.74, 6) is 0. The van der Waals surface area contributed by atoms with Gasteiger partial charge in [-0.2, -0.15) is 0 Å². The average molecular weight is 334 g/mol. The molecule has 1 atom stereocenters. The van der Waals surface area contributed by atoms with E-state index in [9.17, 15) is 4.79 Å². The van der Waals surface area contributed by atoms with Crippen molar-refractivity contribution in [2.45, 2.75) is 6.10 Å². The van der Waals surface area contributed by atoms with E-state index in [1.165, 1.54) is 4.90 Å². The lowest BCUT2D eigenvalue weighted by atomic mass is 10.2. The minimum atomic E-state index is -0.931. The molecule has 1 aromatic carbocycles. The number of pyridine rings is 1. The summed E-state index contributed by atoms with van der Waals surface area (Å²) in [6.45, 7) is 1.07. The largest absolute Gasteiger partial charge is 0.465 e. The van der Waals surface area contributed by atoms with Gasteiger partial charge in [0, 0.05) is 17.3 Å². The molecule has 1 aliphatic rings. The van der Waals surface area contributed by atoms with E-state index in [1.54, 1.807) is 6.20 Å². The molecule has 1 amide bonds. The van der Waals surface area contributed by atoms with Gasteiger partial charge in [0.15, 0.2) is 0 Å². The third kappa shape index (κ3) is 3.91. The fourth-order valence-electron chi connectivity index (χ4n) is 2.37. The van der Waals surface area contributed by atoms with Crippen LogP contribution in [-0.4, -0.2) is 40.8 Å². The predicted octanol–water partition coefficient (Wildman–Crippen LogP) is 3.53. The fourth-order valence-corrected chi connectivity index (χ4v) is 2.50. The van der Waals surface area contributed by atoms with Gasteiger partial charge < -0.3 is 20.1 Å². The molecule has 6 nitrogen and oxygen atoms in total. The first-order valence-electron chi connectivity index (χ1n) is 7.20. The van der Waals surface area contributed by atoms with E-state index in [0.717, 1.165) is 17.1 Å². The minimum Gasteiger partial charge on any atom is -0.465 e. The summed E-state index contributed by atoms with van der Waals surface area (Å²) in [7, 11) is 0. The highest BCUT2D eigenvalue weighted by atomic mass is 35.5. The highest BCUT2D eigenvalue weighted by Crippen LogP contribution is 2.23. The SMILES string of the molecule is O=C(O)N1CCOC(c2ccc(Nc3ccc(Cl)cc3)cn2)C1. The molecule has 1 aliphatic heterocycles. The summed E-state index contributed by atoms with van der Waals surface area (Å²) in [6, 6.07) is 11.1. The fraction of sp³-hybridized carbons (Fsp3) is 0.250. The molecular formula is C16H16ClN3O3. The van der Waals surface area contributed by atoms with E-state index in [0.29, 0.717) is 24.7 Å². The van der Waals surface area contributed by atoms with Crippen molar-refractivity contribution in [3.63, 3.8) is 0 Å². The van der Waals surface area contributed by atoms with Crippen LogP contribution in [0.15, 0.2) is 42.6 Å². The van der Waals surface area contributed by atoms with Crippen LogP contribution in [0.4, 0.5) is 16.2 Å². The number of hydrogen-bond acceptors (Lipinski definition) is 4. The van der Waals surface area contributed by atoms with Crippen molar-refractivity contribution in [3.05, 3.63) is 53.3 Å². The van der Waals surface area contributed by atoms with Crippen molar-refractivity contribution in [3.8, 4) is 0 Å². The van der Waals surface area contributed by atoms with Gasteiger partial charge in [-0.05, 0) is 36.4 Å². The first kappa shape index (κ1) is 15.6. The summed E-state index contributed by atoms with van der Waals surface area (Å²) in [6.07, 6.45) is 0.441. The molecule has 1 saturated heterocycles. The molecule has 0 spiro atoms. The molecule has 1 aromatic heterocycles. The molecule has 23 heavy (non-hydrogen) atoms. The van der Waals surface area contributed by atoms with Crippen LogP contribution in [0.3, 0.4) is 0 Å². The maximum Gasteiger partial charge on any atom is 0.407 e. The topological polar surface area (TPSA) is 74.7 Å². The van der Waals surface area contributed by atoms with E-state index in [2.05, 4.69) is 10.3 Å². The lowest BCUT2D eigenvalue weighted by Gasteiger charge is -2.30. The average Bonchev–Trinajstić information content (AvgIpc) is 2.58. The van der Waals surface area contributed by atoms with Crippen molar-refractivity contribution in [2.24, 2.45) is 0 Å². The summed E-state index contributed by atoms with van der Waals surface area (Å²) < 4.78 is 5.61. The second kappa shape index (κ2) is 6.85. The summed E-state index contributed by atoms with van der Waals surface area (Å²) in [5, 5.41) is 13.0. The van der Waals surface area contributed by atoms with Crippen molar-refractivity contribution >= 4 is 29.1 Å². The minimum absolute atomic E-state index is 0.298. The van der Waals surface area contributed by atoms with Crippen molar-refractivity contribution < 1.29 is 14.6 Å². The third-order valence-corrected chi connectivity index (χ3v) is 3.84. The highest BCUT2D eigenvalue weighted by molar-refractivity contribution is 6.30. The number of carboxylic acid groups (broad SMARTS) is 1. The molecule has 0 saturated carbocycles. The quantitative estimate of drug-likeness (QED) is 0.898. The lowest BCUT2D eigenvalue weighted by molar-refractivity contribution is -0.0252. The zero-order valence-electron chi connectivity index (χ0n) is 12.3. The summed E-state index contributed by atoms with van der Waals surface area (Å²) in [4.78, 5) is 16.8. The van der Waals surface area contributed by atoms with Crippen LogP contribution in [0.2, 0.25) is 5.02 Å². The molecule has 1 fully saturated rings. The Morgan fingerprint density at radius 2 is 2.00 bits per heavy atom. The van der Waals surface area contributed by atoms with E-state index < -0.39 is 6.09 Å². The summed E-state index contributed by atoms with van der Waals surface area (Å²) >= 11 is 5.86. The number of ether oxygens (including phenoxy) is 1. The molecule has 1 unspecified atom stereocenters. The Kier molecular flexibility index (Phi) is 4.64. The van der Waals surface area contributed by atoms with Crippen molar-refractivity contribution in [1.29, 1.82) is 0 Å². The number of rotatable bonds is 3. The third-order valence-electron chi connectivity index (χ3n) is 3.59. The molecule has 7 heteroatoms. The number of amides is 1. The smallest absolute Gasteiger partial charge is 0.407 e. The number of hydrogen-bond donors (Lipinski definition) is 2. The molecule has 3 rings (SSSR count). The van der Waals surface area contributed by atoms with Gasteiger partial charge in [0.2, 0.25) is 0 Å². The number of halogens is 1. The number of nitrogens with one attached hydrogen (secondary N) is 1. The number of morpholine rings is 1. The second-order valence-corrected chi connectivity index (χ2v) is 5.63. The molecule has 0 bridgehead atoms. The van der Waals surface area contributed by atoms with Gasteiger partial charge in [0.25, 0.3) is 0 Å². The number of carbonyl (C=O) groups is 1. The van der Waals surface area contributed by atoms with E-state index >= 15 is 0 Å². The zero-order chi connectivity index (χ0) is 16.2. The predicted molar refractivity (Wildman–Crippen MR) is 87.3 cm³/mol. The van der Waals surface area contributed by atoms with Gasteiger partial charge in [0.05, 0.1) is 30.7 Å². The van der Waals surface area contributed by atoms with Crippen LogP contribution < -0.4 is 5.32 Å². The normalized spacial score (nSPS) is 17.8. The van der Waals surface area contributed by atoms with E-state index in [-0.39, 0.29) is 6.10 Å². The van der Waals surface area contributed by atoms with Crippen molar-refractivity contribution in [1.82, 2.24) is 9.88 Å². The van der Waals surface area contributed by atoms with E-state index in [4.69, 9.17) is 21.4 Å². The van der Waals surface area contributed by atoms with Gasteiger partial charge in [0.1, 0.15) is 6.10 Å².